The van der Waals surface area contributed by atoms with Crippen LogP contribution in [0, 0.1) is 6.92 Å². The minimum absolute atomic E-state index is 0.001000. The van der Waals surface area contributed by atoms with E-state index in [4.69, 9.17) is 25.2 Å². The van der Waals surface area contributed by atoms with Crippen molar-refractivity contribution in [3.05, 3.63) is 75.3 Å². The number of halogens is 1. The van der Waals surface area contributed by atoms with Crippen LogP contribution in [0.1, 0.15) is 16.1 Å². The van der Waals surface area contributed by atoms with E-state index in [9.17, 15) is 9.59 Å². The Labute approximate surface area is 146 Å². The predicted octanol–water partition coefficient (Wildman–Crippen LogP) is 4.72. The number of carbonyl (C=O) groups is 1. The van der Waals surface area contributed by atoms with Gasteiger partial charge in [0.1, 0.15) is 28.2 Å². The second-order valence-corrected chi connectivity index (χ2v) is 5.92. The van der Waals surface area contributed by atoms with E-state index in [1.807, 2.05) is 18.2 Å². The van der Waals surface area contributed by atoms with E-state index in [2.05, 4.69) is 0 Å². The number of hydrogen-bond acceptors (Lipinski definition) is 5. The van der Waals surface area contributed by atoms with Crippen molar-refractivity contribution >= 4 is 39.5 Å². The maximum absolute atomic E-state index is 12.4. The lowest BCUT2D eigenvalue weighted by Gasteiger charge is -2.08. The van der Waals surface area contributed by atoms with Gasteiger partial charge in [0, 0.05) is 10.9 Å². The highest BCUT2D eigenvalue weighted by Gasteiger charge is 2.18. The lowest BCUT2D eigenvalue weighted by atomic mass is 10.1. The van der Waals surface area contributed by atoms with Gasteiger partial charge in [0.2, 0.25) is 11.2 Å². The largest absolute Gasteiger partial charge is 0.462 e. The van der Waals surface area contributed by atoms with Crippen molar-refractivity contribution in [2.75, 3.05) is 0 Å². The molecule has 0 saturated heterocycles. The lowest BCUT2D eigenvalue weighted by molar-refractivity contribution is 0.0703. The molecule has 0 N–H and O–H groups in total. The van der Waals surface area contributed by atoms with Gasteiger partial charge in [-0.05, 0) is 31.2 Å². The van der Waals surface area contributed by atoms with Crippen molar-refractivity contribution in [2.24, 2.45) is 0 Å². The number of aryl methyl sites for hydroxylation is 1. The van der Waals surface area contributed by atoms with E-state index < -0.39 is 5.97 Å². The van der Waals surface area contributed by atoms with Gasteiger partial charge in [-0.3, -0.25) is 4.79 Å². The van der Waals surface area contributed by atoms with Crippen LogP contribution in [0.5, 0.6) is 5.75 Å². The summed E-state index contributed by atoms with van der Waals surface area (Å²) in [4.78, 5) is 24.4. The topological polar surface area (TPSA) is 69.7 Å². The SMILES string of the molecule is Cc1c(OC(=O)c2cc3ccccc3o2)ccc2c(=O)c(Cl)coc12. The minimum atomic E-state index is -0.630. The first-order valence-corrected chi connectivity index (χ1v) is 7.84. The first-order chi connectivity index (χ1) is 12.0. The minimum Gasteiger partial charge on any atom is -0.462 e. The molecule has 0 fully saturated rings. The Kier molecular flexibility index (Phi) is 3.58. The Balaban J connectivity index is 1.72. The van der Waals surface area contributed by atoms with Crippen molar-refractivity contribution in [3.63, 3.8) is 0 Å². The molecule has 25 heavy (non-hydrogen) atoms. The van der Waals surface area contributed by atoms with Gasteiger partial charge < -0.3 is 13.6 Å². The lowest BCUT2D eigenvalue weighted by Crippen LogP contribution is -2.09. The number of hydrogen-bond donors (Lipinski definition) is 0. The van der Waals surface area contributed by atoms with Gasteiger partial charge in [-0.2, -0.15) is 0 Å². The predicted molar refractivity (Wildman–Crippen MR) is 93.4 cm³/mol. The number of para-hydroxylation sites is 1. The fraction of sp³-hybridized carbons (Fsp3) is 0.0526. The monoisotopic (exact) mass is 354 g/mol. The molecule has 4 aromatic rings. The molecule has 0 atom stereocenters. The van der Waals surface area contributed by atoms with Gasteiger partial charge in [-0.1, -0.05) is 29.8 Å². The third kappa shape index (κ3) is 2.58. The first-order valence-electron chi connectivity index (χ1n) is 7.46. The van der Waals surface area contributed by atoms with Gasteiger partial charge >= 0.3 is 5.97 Å². The summed E-state index contributed by atoms with van der Waals surface area (Å²) in [6, 6.07) is 12.0. The second-order valence-electron chi connectivity index (χ2n) is 5.52. The number of carbonyl (C=O) groups excluding carboxylic acids is 1. The molecule has 2 heterocycles. The summed E-state index contributed by atoms with van der Waals surface area (Å²) in [5.74, 6) is -0.253. The number of fused-ring (bicyclic) bond motifs is 2. The van der Waals surface area contributed by atoms with E-state index in [-0.39, 0.29) is 22.0 Å². The van der Waals surface area contributed by atoms with Crippen molar-refractivity contribution < 1.29 is 18.4 Å². The maximum Gasteiger partial charge on any atom is 0.379 e. The highest BCUT2D eigenvalue weighted by Crippen LogP contribution is 2.28. The summed E-state index contributed by atoms with van der Waals surface area (Å²) in [6.07, 6.45) is 1.17. The van der Waals surface area contributed by atoms with Crippen LogP contribution >= 0.6 is 11.6 Å². The zero-order valence-corrected chi connectivity index (χ0v) is 13.8. The third-order valence-corrected chi connectivity index (χ3v) is 4.19. The second kappa shape index (κ2) is 5.79. The molecule has 0 radical (unpaired) electrons. The van der Waals surface area contributed by atoms with Crippen molar-refractivity contribution in [3.8, 4) is 5.75 Å². The van der Waals surface area contributed by atoms with Crippen LogP contribution in [0.15, 0.2) is 62.4 Å². The Hall–Kier alpha value is -3.05. The third-order valence-electron chi connectivity index (χ3n) is 3.93. The molecule has 0 aliphatic rings. The van der Waals surface area contributed by atoms with E-state index in [1.165, 1.54) is 18.4 Å². The average molecular weight is 355 g/mol. The van der Waals surface area contributed by atoms with Gasteiger partial charge in [-0.25, -0.2) is 4.79 Å². The number of benzene rings is 2. The number of rotatable bonds is 2. The molecule has 0 spiro atoms. The Morgan fingerprint density at radius 2 is 1.96 bits per heavy atom. The summed E-state index contributed by atoms with van der Waals surface area (Å²) in [5.41, 5.74) is 1.12. The molecule has 124 valence electrons. The zero-order chi connectivity index (χ0) is 17.6. The van der Waals surface area contributed by atoms with E-state index in [0.29, 0.717) is 22.1 Å². The van der Waals surface area contributed by atoms with Crippen LogP contribution in [0.4, 0.5) is 0 Å². The maximum atomic E-state index is 12.4. The molecule has 4 rings (SSSR count). The van der Waals surface area contributed by atoms with E-state index >= 15 is 0 Å². The first kappa shape index (κ1) is 15.5. The molecule has 0 bridgehead atoms. The highest BCUT2D eigenvalue weighted by atomic mass is 35.5. The smallest absolute Gasteiger partial charge is 0.379 e. The Bertz CT molecular complexity index is 1150. The molecule has 6 heteroatoms. The fourth-order valence-electron chi connectivity index (χ4n) is 2.64. The quantitative estimate of drug-likeness (QED) is 0.385. The van der Waals surface area contributed by atoms with Crippen LogP contribution < -0.4 is 10.2 Å². The van der Waals surface area contributed by atoms with Gasteiger partial charge in [0.25, 0.3) is 0 Å². The fourth-order valence-corrected chi connectivity index (χ4v) is 2.79. The van der Waals surface area contributed by atoms with Crippen molar-refractivity contribution in [1.29, 1.82) is 0 Å². The number of ether oxygens (including phenoxy) is 1. The summed E-state index contributed by atoms with van der Waals surface area (Å²) >= 11 is 5.78. The van der Waals surface area contributed by atoms with Crippen LogP contribution in [0.25, 0.3) is 21.9 Å². The normalized spacial score (nSPS) is 11.1. The van der Waals surface area contributed by atoms with Crippen LogP contribution in [0.3, 0.4) is 0 Å². The Morgan fingerprint density at radius 3 is 2.76 bits per heavy atom. The summed E-state index contributed by atoms with van der Waals surface area (Å²) in [7, 11) is 0. The van der Waals surface area contributed by atoms with Gasteiger partial charge in [0.05, 0.1) is 5.39 Å². The summed E-state index contributed by atoms with van der Waals surface area (Å²) in [5, 5.41) is 1.14. The molecule has 5 nitrogen and oxygen atoms in total. The van der Waals surface area contributed by atoms with Gasteiger partial charge in [0.15, 0.2) is 0 Å². The average Bonchev–Trinajstić information content (AvgIpc) is 3.05. The molecule has 0 unspecified atom stereocenters. The summed E-state index contributed by atoms with van der Waals surface area (Å²) in [6.45, 7) is 1.69. The van der Waals surface area contributed by atoms with Crippen molar-refractivity contribution in [1.82, 2.24) is 0 Å². The molecule has 0 saturated carbocycles. The molecule has 0 amide bonds. The summed E-state index contributed by atoms with van der Waals surface area (Å²) < 4.78 is 16.3. The van der Waals surface area contributed by atoms with Crippen LogP contribution in [-0.2, 0) is 0 Å². The molecule has 2 aromatic carbocycles. The molecular formula is C19H11ClO5. The Morgan fingerprint density at radius 1 is 1.16 bits per heavy atom. The number of furan rings is 1. The van der Waals surface area contributed by atoms with E-state index in [1.54, 1.807) is 19.1 Å². The highest BCUT2D eigenvalue weighted by molar-refractivity contribution is 6.30. The number of esters is 1. The standard InChI is InChI=1S/C19H11ClO5/c1-10-14(7-6-12-17(21)13(20)9-23-18(10)12)25-19(22)16-8-11-4-2-3-5-15(11)24-16/h2-9H,1H3. The molecule has 0 aliphatic heterocycles. The van der Waals surface area contributed by atoms with Gasteiger partial charge in [-0.15, -0.1) is 0 Å². The zero-order valence-electron chi connectivity index (χ0n) is 13.0. The van der Waals surface area contributed by atoms with Crippen molar-refractivity contribution in [2.45, 2.75) is 6.92 Å². The van der Waals surface area contributed by atoms with Crippen LogP contribution in [-0.4, -0.2) is 5.97 Å². The van der Waals surface area contributed by atoms with E-state index in [0.717, 1.165) is 5.39 Å². The van der Waals surface area contributed by atoms with Crippen LogP contribution in [0.2, 0.25) is 5.02 Å². The molecule has 2 aromatic heterocycles. The molecule has 0 aliphatic carbocycles. The molecular weight excluding hydrogens is 344 g/mol.